The van der Waals surface area contributed by atoms with Crippen molar-refractivity contribution >= 4 is 17.7 Å². The van der Waals surface area contributed by atoms with Crippen LogP contribution in [0.5, 0.6) is 0 Å². The first kappa shape index (κ1) is 24.3. The first-order chi connectivity index (χ1) is 17.5. The van der Waals surface area contributed by atoms with Gasteiger partial charge in [-0.15, -0.1) is 10.2 Å². The Morgan fingerprint density at radius 3 is 2.56 bits per heavy atom. The SMILES string of the molecule is Cc1ccc(-n2c(C)nnc2SCc2nc(C(=O)NC3CCN(Cc4ccccc4)CC3)co2)cc1. The van der Waals surface area contributed by atoms with Crippen LogP contribution < -0.4 is 5.32 Å². The number of oxazole rings is 1. The van der Waals surface area contributed by atoms with Gasteiger partial charge in [-0.1, -0.05) is 59.8 Å². The molecule has 36 heavy (non-hydrogen) atoms. The van der Waals surface area contributed by atoms with E-state index in [4.69, 9.17) is 4.42 Å². The molecule has 0 aliphatic carbocycles. The van der Waals surface area contributed by atoms with Gasteiger partial charge >= 0.3 is 0 Å². The summed E-state index contributed by atoms with van der Waals surface area (Å²) in [5, 5.41) is 12.4. The quantitative estimate of drug-likeness (QED) is 0.353. The topological polar surface area (TPSA) is 89.1 Å². The summed E-state index contributed by atoms with van der Waals surface area (Å²) in [4.78, 5) is 19.6. The highest BCUT2D eigenvalue weighted by Gasteiger charge is 2.23. The maximum absolute atomic E-state index is 12.8. The molecule has 1 amide bonds. The molecular formula is C27H30N6O2S. The minimum Gasteiger partial charge on any atom is -0.447 e. The average molecular weight is 503 g/mol. The number of aryl methyl sites for hydroxylation is 2. The largest absolute Gasteiger partial charge is 0.447 e. The number of carbonyl (C=O) groups is 1. The van der Waals surface area contributed by atoms with E-state index >= 15 is 0 Å². The molecule has 1 aliphatic heterocycles. The third-order valence-corrected chi connectivity index (χ3v) is 7.28. The molecule has 1 fully saturated rings. The summed E-state index contributed by atoms with van der Waals surface area (Å²) < 4.78 is 7.59. The minimum absolute atomic E-state index is 0.148. The standard InChI is InChI=1S/C27H30N6O2S/c1-19-8-10-23(11-9-19)33-20(2)30-31-27(33)36-18-25-29-24(17-35-25)26(34)28-22-12-14-32(15-13-22)16-21-6-4-3-5-7-21/h3-11,17,22H,12-16,18H2,1-2H3,(H,28,34). The van der Waals surface area contributed by atoms with Crippen molar-refractivity contribution in [2.24, 2.45) is 0 Å². The zero-order chi connectivity index (χ0) is 24.9. The maximum atomic E-state index is 12.8. The predicted molar refractivity (Wildman–Crippen MR) is 139 cm³/mol. The average Bonchev–Trinajstić information content (AvgIpc) is 3.52. The number of thioether (sulfide) groups is 1. The number of carbonyl (C=O) groups excluding carboxylic acids is 1. The lowest BCUT2D eigenvalue weighted by atomic mass is 10.0. The number of nitrogens with zero attached hydrogens (tertiary/aromatic N) is 5. The van der Waals surface area contributed by atoms with Gasteiger partial charge in [-0.25, -0.2) is 4.98 Å². The number of aromatic nitrogens is 4. The van der Waals surface area contributed by atoms with Crippen LogP contribution in [0.4, 0.5) is 0 Å². The van der Waals surface area contributed by atoms with Gasteiger partial charge in [0.15, 0.2) is 10.9 Å². The number of piperidine rings is 1. The molecule has 0 spiro atoms. The van der Waals surface area contributed by atoms with E-state index in [9.17, 15) is 4.79 Å². The van der Waals surface area contributed by atoms with Gasteiger partial charge in [-0.05, 0) is 44.4 Å². The third kappa shape index (κ3) is 5.85. The zero-order valence-electron chi connectivity index (χ0n) is 20.6. The van der Waals surface area contributed by atoms with Gasteiger partial charge in [-0.3, -0.25) is 14.3 Å². The maximum Gasteiger partial charge on any atom is 0.273 e. The molecule has 1 N–H and O–H groups in total. The van der Waals surface area contributed by atoms with Gasteiger partial charge in [0.2, 0.25) is 5.89 Å². The van der Waals surface area contributed by atoms with Gasteiger partial charge < -0.3 is 9.73 Å². The van der Waals surface area contributed by atoms with Gasteiger partial charge in [0.1, 0.15) is 12.1 Å². The molecule has 0 saturated carbocycles. The lowest BCUT2D eigenvalue weighted by molar-refractivity contribution is 0.0904. The van der Waals surface area contributed by atoms with Crippen LogP contribution in [0.1, 0.15) is 46.2 Å². The Labute approximate surface area is 215 Å². The molecule has 0 bridgehead atoms. The lowest BCUT2D eigenvalue weighted by Crippen LogP contribution is -2.44. The van der Waals surface area contributed by atoms with Crippen molar-refractivity contribution in [2.45, 2.75) is 50.2 Å². The molecule has 2 aromatic heterocycles. The minimum atomic E-state index is -0.185. The van der Waals surface area contributed by atoms with Crippen LogP contribution in [0.2, 0.25) is 0 Å². The van der Waals surface area contributed by atoms with Crippen LogP contribution >= 0.6 is 11.8 Å². The van der Waals surface area contributed by atoms with E-state index in [1.54, 1.807) is 0 Å². The number of hydrogen-bond acceptors (Lipinski definition) is 7. The van der Waals surface area contributed by atoms with Crippen LogP contribution in [0.25, 0.3) is 5.69 Å². The van der Waals surface area contributed by atoms with Crippen LogP contribution in [0.15, 0.2) is 70.4 Å². The highest BCUT2D eigenvalue weighted by atomic mass is 32.2. The Bertz CT molecular complexity index is 1290. The van der Waals surface area contributed by atoms with Gasteiger partial charge in [0, 0.05) is 31.4 Å². The van der Waals surface area contributed by atoms with Crippen molar-refractivity contribution < 1.29 is 9.21 Å². The fraction of sp³-hybridized carbons (Fsp3) is 0.333. The zero-order valence-corrected chi connectivity index (χ0v) is 21.4. The summed E-state index contributed by atoms with van der Waals surface area (Å²) in [6.45, 7) is 6.85. The van der Waals surface area contributed by atoms with E-state index in [-0.39, 0.29) is 11.9 Å². The van der Waals surface area contributed by atoms with E-state index < -0.39 is 0 Å². The van der Waals surface area contributed by atoms with E-state index in [1.165, 1.54) is 29.2 Å². The molecule has 0 unspecified atom stereocenters. The fourth-order valence-corrected chi connectivity index (χ4v) is 5.22. The molecule has 186 valence electrons. The molecule has 5 rings (SSSR count). The molecule has 0 radical (unpaired) electrons. The summed E-state index contributed by atoms with van der Waals surface area (Å²) in [5.41, 5.74) is 3.84. The number of benzene rings is 2. The van der Waals surface area contributed by atoms with Crippen LogP contribution in [-0.2, 0) is 12.3 Å². The Hall–Kier alpha value is -3.43. The molecule has 3 heterocycles. The third-order valence-electron chi connectivity index (χ3n) is 6.37. The van der Waals surface area contributed by atoms with Crippen molar-refractivity contribution in [3.05, 3.63) is 89.4 Å². The van der Waals surface area contributed by atoms with Crippen molar-refractivity contribution in [2.75, 3.05) is 13.1 Å². The molecule has 4 aromatic rings. The van der Waals surface area contributed by atoms with Crippen LogP contribution in [0.3, 0.4) is 0 Å². The van der Waals surface area contributed by atoms with Crippen molar-refractivity contribution in [1.29, 1.82) is 0 Å². The molecule has 1 saturated heterocycles. The molecule has 2 aromatic carbocycles. The summed E-state index contributed by atoms with van der Waals surface area (Å²) >= 11 is 1.48. The molecule has 0 atom stereocenters. The summed E-state index contributed by atoms with van der Waals surface area (Å²) in [5.74, 6) is 1.56. The fourth-order valence-electron chi connectivity index (χ4n) is 4.37. The molecule has 9 heteroatoms. The van der Waals surface area contributed by atoms with Crippen LogP contribution in [0, 0.1) is 13.8 Å². The van der Waals surface area contributed by atoms with E-state index in [1.807, 2.05) is 17.6 Å². The summed E-state index contributed by atoms with van der Waals surface area (Å²) in [6, 6.07) is 18.9. The first-order valence-electron chi connectivity index (χ1n) is 12.2. The summed E-state index contributed by atoms with van der Waals surface area (Å²) in [6.07, 6.45) is 3.28. The van der Waals surface area contributed by atoms with Crippen molar-refractivity contribution in [3.8, 4) is 5.69 Å². The van der Waals surface area contributed by atoms with Crippen molar-refractivity contribution in [1.82, 2.24) is 30.0 Å². The highest BCUT2D eigenvalue weighted by molar-refractivity contribution is 7.98. The number of amides is 1. The second kappa shape index (κ2) is 11.1. The molecular weight excluding hydrogens is 472 g/mol. The Morgan fingerprint density at radius 2 is 1.81 bits per heavy atom. The Kier molecular flexibility index (Phi) is 7.48. The number of likely N-dealkylation sites (tertiary alicyclic amines) is 1. The van der Waals surface area contributed by atoms with Crippen molar-refractivity contribution in [3.63, 3.8) is 0 Å². The number of nitrogens with one attached hydrogen (secondary N) is 1. The first-order valence-corrected chi connectivity index (χ1v) is 13.2. The van der Waals surface area contributed by atoms with Gasteiger partial charge in [0.05, 0.1) is 5.75 Å². The van der Waals surface area contributed by atoms with Crippen LogP contribution in [-0.4, -0.2) is 49.7 Å². The highest BCUT2D eigenvalue weighted by Crippen LogP contribution is 2.25. The second-order valence-corrected chi connectivity index (χ2v) is 10.1. The summed E-state index contributed by atoms with van der Waals surface area (Å²) in [7, 11) is 0. The predicted octanol–water partition coefficient (Wildman–Crippen LogP) is 4.56. The molecule has 1 aliphatic rings. The smallest absolute Gasteiger partial charge is 0.273 e. The molecule has 8 nitrogen and oxygen atoms in total. The lowest BCUT2D eigenvalue weighted by Gasteiger charge is -2.32. The van der Waals surface area contributed by atoms with Gasteiger partial charge in [-0.2, -0.15) is 0 Å². The number of hydrogen-bond donors (Lipinski definition) is 1. The van der Waals surface area contributed by atoms with E-state index in [0.717, 1.165) is 49.1 Å². The second-order valence-electron chi connectivity index (χ2n) is 9.13. The van der Waals surface area contributed by atoms with E-state index in [2.05, 4.69) is 80.9 Å². The number of rotatable bonds is 8. The monoisotopic (exact) mass is 502 g/mol. The van der Waals surface area contributed by atoms with E-state index in [0.29, 0.717) is 17.3 Å². The van der Waals surface area contributed by atoms with Gasteiger partial charge in [0.25, 0.3) is 5.91 Å². The normalized spacial score (nSPS) is 14.7. The Morgan fingerprint density at radius 1 is 1.06 bits per heavy atom. The Balaban J connectivity index is 1.13.